The van der Waals surface area contributed by atoms with E-state index < -0.39 is 5.82 Å². The highest BCUT2D eigenvalue weighted by Gasteiger charge is 2.09. The van der Waals surface area contributed by atoms with E-state index in [1.807, 2.05) is 0 Å². The van der Waals surface area contributed by atoms with Crippen molar-refractivity contribution in [1.29, 1.82) is 0 Å². The Morgan fingerprint density at radius 2 is 1.92 bits per heavy atom. The zero-order chi connectivity index (χ0) is 9.30. The molecule has 1 aromatic carbocycles. The first kappa shape index (κ1) is 9.49. The van der Waals surface area contributed by atoms with Crippen molar-refractivity contribution in [2.24, 2.45) is 0 Å². The van der Waals surface area contributed by atoms with Crippen LogP contribution in [-0.4, -0.2) is 5.78 Å². The van der Waals surface area contributed by atoms with Gasteiger partial charge < -0.3 is 0 Å². The number of hydrogen-bond donors (Lipinski definition) is 0. The smallest absolute Gasteiger partial charge is 0.161 e. The van der Waals surface area contributed by atoms with E-state index in [9.17, 15) is 9.18 Å². The highest BCUT2D eigenvalue weighted by molar-refractivity contribution is 6.36. The Morgan fingerprint density at radius 1 is 1.33 bits per heavy atom. The third-order valence-corrected chi connectivity index (χ3v) is 1.99. The molecule has 1 aromatic rings. The summed E-state index contributed by atoms with van der Waals surface area (Å²) in [5.41, 5.74) is 0.151. The van der Waals surface area contributed by atoms with Crippen molar-refractivity contribution in [2.45, 2.75) is 6.92 Å². The van der Waals surface area contributed by atoms with E-state index in [1.54, 1.807) is 0 Å². The quantitative estimate of drug-likeness (QED) is 0.509. The standard InChI is InChI=1S/C8H5Cl2FO/c1-4(12)5-2-8(11)7(10)3-6(5)9/h2-3H,1H3. The lowest BCUT2D eigenvalue weighted by molar-refractivity contribution is 0.101. The molecule has 0 aliphatic heterocycles. The van der Waals surface area contributed by atoms with Gasteiger partial charge in [-0.3, -0.25) is 4.79 Å². The lowest BCUT2D eigenvalue weighted by Crippen LogP contribution is -1.94. The average Bonchev–Trinajstić information content (AvgIpc) is 1.96. The molecule has 1 nitrogen and oxygen atoms in total. The van der Waals surface area contributed by atoms with Crippen molar-refractivity contribution in [1.82, 2.24) is 0 Å². The van der Waals surface area contributed by atoms with Crippen molar-refractivity contribution in [2.75, 3.05) is 0 Å². The fourth-order valence-corrected chi connectivity index (χ4v) is 1.31. The van der Waals surface area contributed by atoms with Gasteiger partial charge in [-0.25, -0.2) is 4.39 Å². The van der Waals surface area contributed by atoms with Gasteiger partial charge >= 0.3 is 0 Å². The van der Waals surface area contributed by atoms with Crippen molar-refractivity contribution in [3.8, 4) is 0 Å². The summed E-state index contributed by atoms with van der Waals surface area (Å²) in [6.07, 6.45) is 0. The Bertz CT molecular complexity index is 336. The van der Waals surface area contributed by atoms with E-state index in [0.717, 1.165) is 6.07 Å². The van der Waals surface area contributed by atoms with Crippen LogP contribution in [-0.2, 0) is 0 Å². The summed E-state index contributed by atoms with van der Waals surface area (Å²) in [5, 5.41) is 0.0962. The van der Waals surface area contributed by atoms with Gasteiger partial charge in [0.2, 0.25) is 0 Å². The Labute approximate surface area is 79.1 Å². The minimum atomic E-state index is -0.633. The Morgan fingerprint density at radius 3 is 2.42 bits per heavy atom. The van der Waals surface area contributed by atoms with E-state index in [4.69, 9.17) is 23.2 Å². The first-order valence-corrected chi connectivity index (χ1v) is 3.93. The number of rotatable bonds is 1. The summed E-state index contributed by atoms with van der Waals surface area (Å²) in [6.45, 7) is 1.31. The maximum absolute atomic E-state index is 12.8. The molecular formula is C8H5Cl2FO. The molecule has 0 unspecified atom stereocenters. The minimum Gasteiger partial charge on any atom is -0.294 e. The van der Waals surface area contributed by atoms with Crippen LogP contribution in [0.4, 0.5) is 4.39 Å². The normalized spacial score (nSPS) is 10.0. The number of benzene rings is 1. The molecule has 0 saturated carbocycles. The van der Waals surface area contributed by atoms with Gasteiger partial charge in [-0.1, -0.05) is 23.2 Å². The molecule has 0 N–H and O–H groups in total. The van der Waals surface area contributed by atoms with E-state index in [1.165, 1.54) is 13.0 Å². The van der Waals surface area contributed by atoms with Crippen LogP contribution in [0.1, 0.15) is 17.3 Å². The molecular weight excluding hydrogens is 202 g/mol. The van der Waals surface area contributed by atoms with Crippen LogP contribution in [0.5, 0.6) is 0 Å². The molecule has 0 heterocycles. The molecule has 12 heavy (non-hydrogen) atoms. The van der Waals surface area contributed by atoms with Crippen molar-refractivity contribution in [3.05, 3.63) is 33.6 Å². The third kappa shape index (κ3) is 1.76. The zero-order valence-corrected chi connectivity index (χ0v) is 7.71. The first-order valence-electron chi connectivity index (χ1n) is 3.18. The number of ketones is 1. The van der Waals surface area contributed by atoms with Gasteiger partial charge in [-0.15, -0.1) is 0 Å². The second kappa shape index (κ2) is 3.42. The minimum absolute atomic E-state index is 0.0787. The van der Waals surface area contributed by atoms with Crippen LogP contribution in [0.15, 0.2) is 12.1 Å². The Hall–Kier alpha value is -0.600. The molecule has 0 atom stereocenters. The Kier molecular flexibility index (Phi) is 2.70. The predicted octanol–water partition coefficient (Wildman–Crippen LogP) is 3.34. The van der Waals surface area contributed by atoms with E-state index in [-0.39, 0.29) is 21.4 Å². The van der Waals surface area contributed by atoms with Crippen LogP contribution >= 0.6 is 23.2 Å². The molecule has 1 rings (SSSR count). The summed E-state index contributed by atoms with van der Waals surface area (Å²) >= 11 is 11.0. The molecule has 0 aliphatic rings. The second-order valence-electron chi connectivity index (χ2n) is 2.30. The largest absolute Gasteiger partial charge is 0.294 e. The summed E-state index contributed by atoms with van der Waals surface area (Å²) in [7, 11) is 0. The third-order valence-electron chi connectivity index (χ3n) is 1.39. The molecule has 0 amide bonds. The fraction of sp³-hybridized carbons (Fsp3) is 0.125. The molecule has 4 heteroatoms. The van der Waals surface area contributed by atoms with Gasteiger partial charge in [-0.05, 0) is 19.1 Å². The summed E-state index contributed by atoms with van der Waals surface area (Å²) in [4.78, 5) is 10.8. The maximum atomic E-state index is 12.8. The van der Waals surface area contributed by atoms with Gasteiger partial charge in [0, 0.05) is 5.56 Å². The van der Waals surface area contributed by atoms with E-state index >= 15 is 0 Å². The van der Waals surface area contributed by atoms with E-state index in [2.05, 4.69) is 0 Å². The molecule has 0 radical (unpaired) electrons. The monoisotopic (exact) mass is 206 g/mol. The molecule has 0 spiro atoms. The summed E-state index contributed by atoms with van der Waals surface area (Å²) in [5.74, 6) is -0.915. The van der Waals surface area contributed by atoms with Gasteiger partial charge in [0.1, 0.15) is 5.82 Å². The lowest BCUT2D eigenvalue weighted by Gasteiger charge is -2.00. The van der Waals surface area contributed by atoms with Gasteiger partial charge in [0.15, 0.2) is 5.78 Å². The Balaban J connectivity index is 3.33. The molecule has 0 saturated heterocycles. The van der Waals surface area contributed by atoms with Gasteiger partial charge in [0.05, 0.1) is 10.0 Å². The predicted molar refractivity (Wildman–Crippen MR) is 46.4 cm³/mol. The van der Waals surface area contributed by atoms with Gasteiger partial charge in [0.25, 0.3) is 0 Å². The number of halogens is 3. The molecule has 0 aliphatic carbocycles. The second-order valence-corrected chi connectivity index (χ2v) is 3.12. The highest BCUT2D eigenvalue weighted by atomic mass is 35.5. The molecule has 0 bridgehead atoms. The van der Waals surface area contributed by atoms with Crippen LogP contribution in [0.25, 0.3) is 0 Å². The van der Waals surface area contributed by atoms with Crippen molar-refractivity contribution in [3.63, 3.8) is 0 Å². The SMILES string of the molecule is CC(=O)c1cc(F)c(Cl)cc1Cl. The van der Waals surface area contributed by atoms with Crippen LogP contribution < -0.4 is 0 Å². The number of Topliss-reactive ketones (excluding diaryl/α,β-unsaturated/α-hetero) is 1. The highest BCUT2D eigenvalue weighted by Crippen LogP contribution is 2.24. The number of carbonyl (C=O) groups is 1. The van der Waals surface area contributed by atoms with Crippen LogP contribution in [0, 0.1) is 5.82 Å². The summed E-state index contributed by atoms with van der Waals surface area (Å²) < 4.78 is 12.8. The average molecular weight is 207 g/mol. The topological polar surface area (TPSA) is 17.1 Å². The van der Waals surface area contributed by atoms with Crippen molar-refractivity contribution < 1.29 is 9.18 Å². The first-order chi connectivity index (χ1) is 5.52. The zero-order valence-electron chi connectivity index (χ0n) is 6.20. The van der Waals surface area contributed by atoms with Gasteiger partial charge in [-0.2, -0.15) is 0 Å². The molecule has 0 fully saturated rings. The summed E-state index contributed by atoms with van der Waals surface area (Å²) in [6, 6.07) is 2.25. The number of carbonyl (C=O) groups excluding carboxylic acids is 1. The van der Waals surface area contributed by atoms with Crippen LogP contribution in [0.2, 0.25) is 10.0 Å². The van der Waals surface area contributed by atoms with Crippen molar-refractivity contribution >= 4 is 29.0 Å². The molecule has 64 valence electrons. The number of hydrogen-bond acceptors (Lipinski definition) is 1. The van der Waals surface area contributed by atoms with E-state index in [0.29, 0.717) is 0 Å². The fourth-order valence-electron chi connectivity index (χ4n) is 0.792. The molecule has 0 aromatic heterocycles. The van der Waals surface area contributed by atoms with Crippen LogP contribution in [0.3, 0.4) is 0 Å². The lowest BCUT2D eigenvalue weighted by atomic mass is 10.1. The maximum Gasteiger partial charge on any atom is 0.161 e.